The Hall–Kier alpha value is -6.58. The number of aromatic nitrogens is 2. The summed E-state index contributed by atoms with van der Waals surface area (Å²) >= 11 is 0. The van der Waals surface area contributed by atoms with Crippen molar-refractivity contribution in [2.24, 2.45) is 5.92 Å². The van der Waals surface area contributed by atoms with E-state index in [2.05, 4.69) is 153 Å². The van der Waals surface area contributed by atoms with Gasteiger partial charge in [0.2, 0.25) is 0 Å². The van der Waals surface area contributed by atoms with Crippen molar-refractivity contribution in [3.8, 4) is 67.5 Å². The SMILES string of the molecule is CC1C=Cc2oc3c(c2C1)C1(c2ccccc2-3)c2ccccc2-c2c(-c3ccc(-c4cc(-c5ccccc5)nc(-c5ccccc5)n4)cc3)cccc21. The smallest absolute Gasteiger partial charge is 0.160 e. The van der Waals surface area contributed by atoms with E-state index >= 15 is 0 Å². The van der Waals surface area contributed by atoms with Gasteiger partial charge in [0.1, 0.15) is 11.5 Å². The molecular weight excluding hydrogens is 645 g/mol. The second-order valence-electron chi connectivity index (χ2n) is 14.5. The van der Waals surface area contributed by atoms with Crippen LogP contribution in [0.5, 0.6) is 0 Å². The highest BCUT2D eigenvalue weighted by Crippen LogP contribution is 2.66. The minimum atomic E-state index is -0.446. The van der Waals surface area contributed by atoms with E-state index in [4.69, 9.17) is 14.4 Å². The average molecular weight is 679 g/mol. The molecule has 2 unspecified atom stereocenters. The van der Waals surface area contributed by atoms with Gasteiger partial charge in [-0.25, -0.2) is 9.97 Å². The molecule has 0 N–H and O–H groups in total. The second-order valence-corrected chi connectivity index (χ2v) is 14.5. The normalized spacial score (nSPS) is 17.3. The zero-order valence-corrected chi connectivity index (χ0v) is 29.3. The lowest BCUT2D eigenvalue weighted by Crippen LogP contribution is -2.27. The summed E-state index contributed by atoms with van der Waals surface area (Å²) < 4.78 is 6.79. The van der Waals surface area contributed by atoms with Crippen LogP contribution in [-0.2, 0) is 11.8 Å². The first-order valence-corrected chi connectivity index (χ1v) is 18.5. The number of rotatable bonds is 4. The standard InChI is InChI=1S/C50H34N2O/c1-31-23-28-45-39(29-31)47-48(53-45)38-18-9-11-21-41(38)50(47)40-20-10-8-17-37(40)46-36(19-12-22-42(46)50)32-24-26-34(27-25-32)44-30-43(33-13-4-2-5-14-33)51-49(52-44)35-15-6-3-7-16-35/h2-28,30-31H,29H2,1H3. The Kier molecular flexibility index (Phi) is 6.51. The van der Waals surface area contributed by atoms with Crippen molar-refractivity contribution in [1.29, 1.82) is 0 Å². The fourth-order valence-corrected chi connectivity index (χ4v) is 9.21. The molecule has 8 aromatic rings. The third-order valence-electron chi connectivity index (χ3n) is 11.5. The van der Waals surface area contributed by atoms with E-state index in [-0.39, 0.29) is 0 Å². The zero-order chi connectivity index (χ0) is 35.1. The Bertz CT molecular complexity index is 2700. The monoisotopic (exact) mass is 678 g/mol. The lowest BCUT2D eigenvalue weighted by molar-refractivity contribution is 0.558. The minimum Gasteiger partial charge on any atom is -0.456 e. The number of benzene rings is 6. The Morgan fingerprint density at radius 1 is 0.547 bits per heavy atom. The molecule has 250 valence electrons. The highest BCUT2D eigenvalue weighted by atomic mass is 16.3. The van der Waals surface area contributed by atoms with Crippen molar-refractivity contribution in [2.75, 3.05) is 0 Å². The van der Waals surface area contributed by atoms with Crippen LogP contribution < -0.4 is 0 Å². The van der Waals surface area contributed by atoms with Crippen LogP contribution in [0.2, 0.25) is 0 Å². The first kappa shape index (κ1) is 30.1. The van der Waals surface area contributed by atoms with Gasteiger partial charge in [-0.05, 0) is 63.4 Å². The molecule has 1 spiro atoms. The van der Waals surface area contributed by atoms with Gasteiger partial charge in [-0.1, -0.05) is 165 Å². The summed E-state index contributed by atoms with van der Waals surface area (Å²) in [5.74, 6) is 3.20. The second kappa shape index (κ2) is 11.5. The topological polar surface area (TPSA) is 38.9 Å². The van der Waals surface area contributed by atoms with Gasteiger partial charge in [0, 0.05) is 33.4 Å². The van der Waals surface area contributed by atoms with Gasteiger partial charge in [-0.2, -0.15) is 0 Å². The molecule has 3 heteroatoms. The highest BCUT2D eigenvalue weighted by molar-refractivity contribution is 6.00. The van der Waals surface area contributed by atoms with Crippen LogP contribution in [0, 0.1) is 5.92 Å². The Labute approximate surface area is 309 Å². The third kappa shape index (κ3) is 4.34. The van der Waals surface area contributed by atoms with Gasteiger partial charge in [-0.3, -0.25) is 0 Å². The van der Waals surface area contributed by atoms with Gasteiger partial charge in [-0.15, -0.1) is 0 Å². The van der Waals surface area contributed by atoms with Crippen LogP contribution in [0.25, 0.3) is 73.6 Å². The highest BCUT2D eigenvalue weighted by Gasteiger charge is 2.55. The van der Waals surface area contributed by atoms with Gasteiger partial charge in [0.25, 0.3) is 0 Å². The number of hydrogen-bond donors (Lipinski definition) is 0. The largest absolute Gasteiger partial charge is 0.456 e. The van der Waals surface area contributed by atoms with Crippen molar-refractivity contribution < 1.29 is 4.42 Å². The van der Waals surface area contributed by atoms with Crippen molar-refractivity contribution in [1.82, 2.24) is 9.97 Å². The molecule has 2 atom stereocenters. The number of hydrogen-bond acceptors (Lipinski definition) is 3. The Morgan fingerprint density at radius 3 is 1.85 bits per heavy atom. The van der Waals surface area contributed by atoms with E-state index in [0.29, 0.717) is 5.92 Å². The van der Waals surface area contributed by atoms with Crippen LogP contribution >= 0.6 is 0 Å². The van der Waals surface area contributed by atoms with Crippen molar-refractivity contribution in [3.63, 3.8) is 0 Å². The molecule has 0 aliphatic heterocycles. The fourth-order valence-electron chi connectivity index (χ4n) is 9.21. The van der Waals surface area contributed by atoms with Gasteiger partial charge in [0.05, 0.1) is 16.8 Å². The van der Waals surface area contributed by atoms with Crippen LogP contribution in [0.15, 0.2) is 168 Å². The molecule has 3 aliphatic carbocycles. The number of fused-ring (bicyclic) bond motifs is 12. The van der Waals surface area contributed by atoms with Crippen LogP contribution in [0.1, 0.15) is 40.5 Å². The summed E-state index contributed by atoms with van der Waals surface area (Å²) in [4.78, 5) is 10.1. The molecule has 2 aromatic heterocycles. The van der Waals surface area contributed by atoms with Crippen molar-refractivity contribution in [3.05, 3.63) is 197 Å². The minimum absolute atomic E-state index is 0.446. The van der Waals surface area contributed by atoms with Gasteiger partial charge in [0.15, 0.2) is 5.82 Å². The molecule has 0 amide bonds. The lowest BCUT2D eigenvalue weighted by atomic mass is 9.68. The van der Waals surface area contributed by atoms with Gasteiger partial charge >= 0.3 is 0 Å². The molecule has 2 heterocycles. The third-order valence-corrected chi connectivity index (χ3v) is 11.5. The fraction of sp³-hybridized carbons (Fsp3) is 0.0800. The molecule has 3 nitrogen and oxygen atoms in total. The molecule has 53 heavy (non-hydrogen) atoms. The molecular formula is C50H34N2O. The molecule has 11 rings (SSSR count). The number of allylic oxidation sites excluding steroid dienone is 1. The van der Waals surface area contributed by atoms with Crippen LogP contribution in [0.3, 0.4) is 0 Å². The zero-order valence-electron chi connectivity index (χ0n) is 29.3. The lowest BCUT2D eigenvalue weighted by Gasteiger charge is -2.31. The molecule has 0 saturated heterocycles. The van der Waals surface area contributed by atoms with E-state index in [9.17, 15) is 0 Å². The first-order chi connectivity index (χ1) is 26.2. The summed E-state index contributed by atoms with van der Waals surface area (Å²) in [5, 5.41) is 0. The quantitative estimate of drug-likeness (QED) is 0.186. The van der Waals surface area contributed by atoms with E-state index < -0.39 is 5.41 Å². The average Bonchev–Trinajstić information content (AvgIpc) is 3.85. The molecule has 0 fully saturated rings. The van der Waals surface area contributed by atoms with E-state index in [1.807, 2.05) is 24.3 Å². The van der Waals surface area contributed by atoms with Crippen LogP contribution in [0.4, 0.5) is 0 Å². The van der Waals surface area contributed by atoms with Gasteiger partial charge < -0.3 is 4.42 Å². The first-order valence-electron chi connectivity index (χ1n) is 18.5. The summed E-state index contributed by atoms with van der Waals surface area (Å²) in [5.41, 5.74) is 17.3. The predicted molar refractivity (Wildman–Crippen MR) is 214 cm³/mol. The summed E-state index contributed by atoms with van der Waals surface area (Å²) in [7, 11) is 0. The molecule has 0 radical (unpaired) electrons. The maximum Gasteiger partial charge on any atom is 0.160 e. The predicted octanol–water partition coefficient (Wildman–Crippen LogP) is 12.3. The molecule has 0 bridgehead atoms. The van der Waals surface area contributed by atoms with Crippen molar-refractivity contribution in [2.45, 2.75) is 18.8 Å². The molecule has 6 aromatic carbocycles. The molecule has 0 saturated carbocycles. The van der Waals surface area contributed by atoms with E-state index in [1.165, 1.54) is 55.6 Å². The Morgan fingerprint density at radius 2 is 1.11 bits per heavy atom. The number of furan rings is 1. The molecule has 3 aliphatic rings. The van der Waals surface area contributed by atoms with Crippen LogP contribution in [-0.4, -0.2) is 9.97 Å². The summed E-state index contributed by atoms with van der Waals surface area (Å²) in [6.45, 7) is 2.30. The maximum atomic E-state index is 6.79. The summed E-state index contributed by atoms with van der Waals surface area (Å²) in [6.07, 6.45) is 5.45. The Balaban J connectivity index is 1.08. The van der Waals surface area contributed by atoms with Crippen molar-refractivity contribution >= 4 is 6.08 Å². The van der Waals surface area contributed by atoms with E-state index in [1.54, 1.807) is 0 Å². The maximum absolute atomic E-state index is 6.79. The summed E-state index contributed by atoms with van der Waals surface area (Å²) in [6, 6.07) is 56.4. The number of nitrogens with zero attached hydrogens (tertiary/aromatic N) is 2. The van der Waals surface area contributed by atoms with E-state index in [0.717, 1.165) is 51.8 Å².